The Bertz CT molecular complexity index is 965. The van der Waals surface area contributed by atoms with Crippen LogP contribution in [0.25, 0.3) is 0 Å². The molecule has 3 amide bonds. The van der Waals surface area contributed by atoms with Crippen molar-refractivity contribution in [2.24, 2.45) is 17.8 Å². The van der Waals surface area contributed by atoms with E-state index < -0.39 is 35.6 Å². The second-order valence-corrected chi connectivity index (χ2v) is 11.0. The number of rotatable bonds is 7. The number of carbonyl (C=O) groups excluding carboxylic acids is 3. The van der Waals surface area contributed by atoms with Crippen LogP contribution in [-0.4, -0.2) is 132 Å². The Morgan fingerprint density at radius 3 is 2.54 bits per heavy atom. The lowest BCUT2D eigenvalue weighted by Crippen LogP contribution is -2.59. The average molecular weight is 517 g/mol. The van der Waals surface area contributed by atoms with Crippen LogP contribution in [0, 0.1) is 17.8 Å². The summed E-state index contributed by atoms with van der Waals surface area (Å²) in [5, 5.41) is 10.4. The SMILES string of the molecule is CC[C@H](C)[C@H](CO)N1C(=O)[C@@H]2[C@H]3C(=O)N(C)CC=C[C@H]3O[C@@]23C=CCN(CCN2CCOCC2)C(=O)C13. The first-order valence-electron chi connectivity index (χ1n) is 13.6. The number of amides is 3. The standard InChI is InChI=1S/C27H40N4O6/c1-4-18(2)19(17-32)31-23-26(35)30(12-11-29-13-15-36-16-14-29)10-6-8-27(23)22(25(31)34)21-20(37-27)7-5-9-28(3)24(21)33/h5-8,18-23,32H,4,9-17H2,1-3H3/t18-,19-,20+,21-,22-,23?,27-/m0/s1. The van der Waals surface area contributed by atoms with Crippen LogP contribution in [0.15, 0.2) is 24.3 Å². The Morgan fingerprint density at radius 2 is 1.84 bits per heavy atom. The molecule has 204 valence electrons. The second-order valence-electron chi connectivity index (χ2n) is 11.0. The fraction of sp³-hybridized carbons (Fsp3) is 0.741. The van der Waals surface area contributed by atoms with E-state index in [9.17, 15) is 19.5 Å². The maximum Gasteiger partial charge on any atom is 0.249 e. The van der Waals surface area contributed by atoms with Gasteiger partial charge in [0.05, 0.1) is 43.8 Å². The Hall–Kier alpha value is -2.27. The van der Waals surface area contributed by atoms with Gasteiger partial charge in [0.25, 0.3) is 0 Å². The van der Waals surface area contributed by atoms with Crippen molar-refractivity contribution in [1.29, 1.82) is 0 Å². The molecule has 0 aromatic carbocycles. The van der Waals surface area contributed by atoms with Gasteiger partial charge in [0.2, 0.25) is 17.7 Å². The number of hydrogen-bond acceptors (Lipinski definition) is 7. The smallest absolute Gasteiger partial charge is 0.249 e. The van der Waals surface area contributed by atoms with Crippen molar-refractivity contribution < 1.29 is 29.0 Å². The molecular formula is C27H40N4O6. The Labute approximate surface area is 218 Å². The van der Waals surface area contributed by atoms with Gasteiger partial charge in [-0.25, -0.2) is 0 Å². The van der Waals surface area contributed by atoms with Crippen LogP contribution in [0.5, 0.6) is 0 Å². The highest BCUT2D eigenvalue weighted by molar-refractivity contribution is 6.00. The van der Waals surface area contributed by atoms with Crippen LogP contribution in [0.2, 0.25) is 0 Å². The molecular weight excluding hydrogens is 476 g/mol. The molecule has 0 saturated carbocycles. The van der Waals surface area contributed by atoms with Gasteiger partial charge in [0, 0.05) is 46.3 Å². The molecule has 5 heterocycles. The molecule has 5 rings (SSSR count). The number of aliphatic hydroxyl groups excluding tert-OH is 1. The van der Waals surface area contributed by atoms with Gasteiger partial charge in [0.1, 0.15) is 11.6 Å². The summed E-state index contributed by atoms with van der Waals surface area (Å²) in [5.74, 6) is -2.17. The fourth-order valence-electron chi connectivity index (χ4n) is 6.71. The lowest BCUT2D eigenvalue weighted by molar-refractivity contribution is -0.152. The number of carbonyl (C=O) groups is 3. The number of ether oxygens (including phenoxy) is 2. The van der Waals surface area contributed by atoms with Crippen molar-refractivity contribution in [3.63, 3.8) is 0 Å². The maximum absolute atomic E-state index is 14.3. The minimum absolute atomic E-state index is 0.0325. The van der Waals surface area contributed by atoms with E-state index in [4.69, 9.17) is 9.47 Å². The van der Waals surface area contributed by atoms with Crippen LogP contribution in [-0.2, 0) is 23.9 Å². The first kappa shape index (κ1) is 26.3. The van der Waals surface area contributed by atoms with E-state index in [2.05, 4.69) is 4.90 Å². The predicted molar refractivity (Wildman–Crippen MR) is 135 cm³/mol. The molecule has 0 aliphatic carbocycles. The van der Waals surface area contributed by atoms with Crippen LogP contribution in [0.4, 0.5) is 0 Å². The largest absolute Gasteiger partial charge is 0.394 e. The van der Waals surface area contributed by atoms with Gasteiger partial charge in [0.15, 0.2) is 0 Å². The minimum Gasteiger partial charge on any atom is -0.394 e. The summed E-state index contributed by atoms with van der Waals surface area (Å²) in [6.07, 6.45) is 7.70. The second kappa shape index (κ2) is 10.5. The third-order valence-corrected chi connectivity index (χ3v) is 9.02. The van der Waals surface area contributed by atoms with Gasteiger partial charge in [-0.1, -0.05) is 44.6 Å². The summed E-state index contributed by atoms with van der Waals surface area (Å²) in [5.41, 5.74) is -1.25. The van der Waals surface area contributed by atoms with Crippen LogP contribution in [0.3, 0.4) is 0 Å². The summed E-state index contributed by atoms with van der Waals surface area (Å²) < 4.78 is 12.1. The van der Waals surface area contributed by atoms with Gasteiger partial charge < -0.3 is 29.3 Å². The van der Waals surface area contributed by atoms with Crippen LogP contribution < -0.4 is 0 Å². The molecule has 3 saturated heterocycles. The summed E-state index contributed by atoms with van der Waals surface area (Å²) in [6.45, 7) is 8.85. The highest BCUT2D eigenvalue weighted by Crippen LogP contribution is 2.54. The highest BCUT2D eigenvalue weighted by Gasteiger charge is 2.72. The number of likely N-dealkylation sites (N-methyl/N-ethyl adjacent to an activating group) is 1. The Kier molecular flexibility index (Phi) is 7.46. The zero-order valence-electron chi connectivity index (χ0n) is 22.1. The number of hydrogen-bond donors (Lipinski definition) is 1. The number of likely N-dealkylation sites (tertiary alicyclic amines) is 1. The molecule has 7 atom stereocenters. The lowest BCUT2D eigenvalue weighted by Gasteiger charge is -2.40. The fourth-order valence-corrected chi connectivity index (χ4v) is 6.71. The van der Waals surface area contributed by atoms with E-state index in [1.165, 1.54) is 0 Å². The molecule has 5 aliphatic rings. The van der Waals surface area contributed by atoms with E-state index in [1.807, 2.05) is 38.2 Å². The maximum atomic E-state index is 14.3. The zero-order chi connectivity index (χ0) is 26.3. The average Bonchev–Trinajstić information content (AvgIpc) is 3.23. The van der Waals surface area contributed by atoms with Crippen molar-refractivity contribution in [3.05, 3.63) is 24.3 Å². The molecule has 0 bridgehead atoms. The number of aliphatic hydroxyl groups is 1. The van der Waals surface area contributed by atoms with Crippen LogP contribution in [0.1, 0.15) is 20.3 Å². The lowest BCUT2D eigenvalue weighted by atomic mass is 9.77. The van der Waals surface area contributed by atoms with Gasteiger partial charge >= 0.3 is 0 Å². The van der Waals surface area contributed by atoms with Crippen molar-refractivity contribution in [1.82, 2.24) is 19.6 Å². The summed E-state index contributed by atoms with van der Waals surface area (Å²) in [4.78, 5) is 49.3. The molecule has 5 aliphatic heterocycles. The third kappa shape index (κ3) is 4.31. The molecule has 1 spiro atoms. The minimum atomic E-state index is -1.25. The normalized spacial score (nSPS) is 35.8. The van der Waals surface area contributed by atoms with E-state index >= 15 is 0 Å². The molecule has 10 heteroatoms. The summed E-state index contributed by atoms with van der Waals surface area (Å²) >= 11 is 0. The number of nitrogens with zero attached hydrogens (tertiary/aromatic N) is 4. The van der Waals surface area contributed by atoms with E-state index in [0.29, 0.717) is 39.4 Å². The van der Waals surface area contributed by atoms with Gasteiger partial charge in [-0.05, 0) is 5.92 Å². The highest BCUT2D eigenvalue weighted by atomic mass is 16.5. The molecule has 1 unspecified atom stereocenters. The molecule has 0 aromatic heterocycles. The van der Waals surface area contributed by atoms with Crippen molar-refractivity contribution >= 4 is 17.7 Å². The third-order valence-electron chi connectivity index (χ3n) is 9.02. The Balaban J connectivity index is 1.53. The quantitative estimate of drug-likeness (QED) is 0.465. The van der Waals surface area contributed by atoms with Crippen molar-refractivity contribution in [2.45, 2.75) is 44.1 Å². The van der Waals surface area contributed by atoms with Crippen molar-refractivity contribution in [3.8, 4) is 0 Å². The summed E-state index contributed by atoms with van der Waals surface area (Å²) in [6, 6.07) is -1.48. The molecule has 3 fully saturated rings. The van der Waals surface area contributed by atoms with Gasteiger partial charge in [-0.2, -0.15) is 0 Å². The van der Waals surface area contributed by atoms with Gasteiger partial charge in [-0.3, -0.25) is 19.3 Å². The first-order valence-corrected chi connectivity index (χ1v) is 13.6. The molecule has 1 N–H and O–H groups in total. The van der Waals surface area contributed by atoms with Crippen molar-refractivity contribution in [2.75, 3.05) is 66.1 Å². The van der Waals surface area contributed by atoms with Crippen LogP contribution >= 0.6 is 0 Å². The molecule has 0 radical (unpaired) electrons. The number of fused-ring (bicyclic) bond motifs is 2. The predicted octanol–water partition coefficient (Wildman–Crippen LogP) is -0.267. The van der Waals surface area contributed by atoms with E-state index in [1.54, 1.807) is 21.7 Å². The zero-order valence-corrected chi connectivity index (χ0v) is 22.1. The first-order chi connectivity index (χ1) is 17.8. The van der Waals surface area contributed by atoms with E-state index in [0.717, 1.165) is 19.5 Å². The summed E-state index contributed by atoms with van der Waals surface area (Å²) in [7, 11) is 1.73. The molecule has 0 aromatic rings. The Morgan fingerprint density at radius 1 is 1.08 bits per heavy atom. The van der Waals surface area contributed by atoms with Gasteiger partial charge in [-0.15, -0.1) is 0 Å². The molecule has 10 nitrogen and oxygen atoms in total. The number of morpholine rings is 1. The monoisotopic (exact) mass is 516 g/mol. The van der Waals surface area contributed by atoms with E-state index in [-0.39, 0.29) is 30.2 Å². The molecule has 37 heavy (non-hydrogen) atoms. The topological polar surface area (TPSA) is 103 Å².